The lowest BCUT2D eigenvalue weighted by atomic mass is 9.73. The van der Waals surface area contributed by atoms with Crippen molar-refractivity contribution in [2.24, 2.45) is 11.3 Å². The molecule has 1 saturated heterocycles. The predicted molar refractivity (Wildman–Crippen MR) is 63.5 cm³/mol. The van der Waals surface area contributed by atoms with E-state index in [1.165, 1.54) is 51.6 Å². The van der Waals surface area contributed by atoms with E-state index in [-0.39, 0.29) is 0 Å². The summed E-state index contributed by atoms with van der Waals surface area (Å²) in [6.07, 6.45) is 8.40. The molecule has 1 heterocycles. The monoisotopic (exact) mass is 197 g/mol. The summed E-state index contributed by atoms with van der Waals surface area (Å²) < 4.78 is 0. The normalized spacial score (nSPS) is 36.6. The smallest absolute Gasteiger partial charge is 0.000761 e. The van der Waals surface area contributed by atoms with Crippen molar-refractivity contribution in [1.29, 1.82) is 0 Å². The molecule has 2 unspecified atom stereocenters. The van der Waals surface area contributed by atoms with Crippen LogP contribution in [0, 0.1) is 11.3 Å². The van der Waals surface area contributed by atoms with Crippen LogP contribution in [0.25, 0.3) is 0 Å². The molecule has 84 valence electrons. The van der Waals surface area contributed by atoms with Crippen molar-refractivity contribution in [3.8, 4) is 0 Å². The summed E-state index contributed by atoms with van der Waals surface area (Å²) in [5, 5.41) is 3.63. The van der Waals surface area contributed by atoms with Gasteiger partial charge in [0, 0.05) is 6.54 Å². The molecule has 1 aliphatic heterocycles. The highest BCUT2D eigenvalue weighted by atomic mass is 14.9. The number of nitrogens with one attached hydrogen (secondary N) is 1. The summed E-state index contributed by atoms with van der Waals surface area (Å²) >= 11 is 0. The quantitative estimate of drug-likeness (QED) is 0.677. The molecule has 1 N–H and O–H groups in total. The van der Waals surface area contributed by atoms with Gasteiger partial charge in [0.15, 0.2) is 0 Å². The first kappa shape index (κ1) is 12.0. The van der Waals surface area contributed by atoms with Crippen molar-refractivity contribution in [1.82, 2.24) is 5.32 Å². The molecule has 1 heteroatoms. The lowest BCUT2D eigenvalue weighted by molar-refractivity contribution is 0.168. The van der Waals surface area contributed by atoms with Crippen LogP contribution < -0.4 is 5.32 Å². The molecule has 0 spiro atoms. The minimum Gasteiger partial charge on any atom is -0.316 e. The van der Waals surface area contributed by atoms with Gasteiger partial charge >= 0.3 is 0 Å². The Morgan fingerprint density at radius 1 is 1.21 bits per heavy atom. The van der Waals surface area contributed by atoms with E-state index < -0.39 is 0 Å². The molecule has 0 aromatic heterocycles. The van der Waals surface area contributed by atoms with Crippen molar-refractivity contribution in [2.45, 2.75) is 59.3 Å². The zero-order chi connectivity index (χ0) is 10.4. The Labute approximate surface area is 89.7 Å². The second-order valence-electron chi connectivity index (χ2n) is 5.29. The maximum atomic E-state index is 3.63. The Morgan fingerprint density at radius 2 is 1.93 bits per heavy atom. The van der Waals surface area contributed by atoms with E-state index in [2.05, 4.69) is 26.1 Å². The summed E-state index contributed by atoms with van der Waals surface area (Å²) in [6, 6.07) is 0. The molecule has 1 nitrogen and oxygen atoms in total. The van der Waals surface area contributed by atoms with Crippen molar-refractivity contribution in [3.63, 3.8) is 0 Å². The molecule has 1 aliphatic rings. The van der Waals surface area contributed by atoms with Crippen LogP contribution in [-0.4, -0.2) is 13.1 Å². The molecule has 2 atom stereocenters. The fourth-order valence-electron chi connectivity index (χ4n) is 2.42. The number of hydrogen-bond acceptors (Lipinski definition) is 1. The summed E-state index contributed by atoms with van der Waals surface area (Å²) in [5.74, 6) is 0.873. The molecule has 0 radical (unpaired) electrons. The highest BCUT2D eigenvalue weighted by Crippen LogP contribution is 2.34. The van der Waals surface area contributed by atoms with Gasteiger partial charge in [-0.15, -0.1) is 0 Å². The van der Waals surface area contributed by atoms with Crippen molar-refractivity contribution in [3.05, 3.63) is 0 Å². The maximum absolute atomic E-state index is 3.63. The van der Waals surface area contributed by atoms with Gasteiger partial charge in [0.2, 0.25) is 0 Å². The molecular weight excluding hydrogens is 170 g/mol. The molecular formula is C13H27N. The van der Waals surface area contributed by atoms with Crippen LogP contribution in [0.2, 0.25) is 0 Å². The molecule has 0 aromatic carbocycles. The first-order valence-electron chi connectivity index (χ1n) is 6.40. The molecule has 14 heavy (non-hydrogen) atoms. The third-order valence-corrected chi connectivity index (χ3v) is 4.27. The highest BCUT2D eigenvalue weighted by Gasteiger charge is 2.28. The molecule has 0 amide bonds. The van der Waals surface area contributed by atoms with Gasteiger partial charge in [0.25, 0.3) is 0 Å². The summed E-state index contributed by atoms with van der Waals surface area (Å²) in [7, 11) is 0. The Bertz CT molecular complexity index is 155. The van der Waals surface area contributed by atoms with Crippen LogP contribution in [0.4, 0.5) is 0 Å². The van der Waals surface area contributed by atoms with Gasteiger partial charge in [-0.05, 0) is 30.7 Å². The van der Waals surface area contributed by atoms with E-state index in [4.69, 9.17) is 0 Å². The minimum atomic E-state index is 0.525. The number of hydrogen-bond donors (Lipinski definition) is 1. The molecule has 1 fully saturated rings. The average Bonchev–Trinajstić information content (AvgIpc) is 2.20. The van der Waals surface area contributed by atoms with Gasteiger partial charge in [-0.3, -0.25) is 0 Å². The van der Waals surface area contributed by atoms with Gasteiger partial charge in [-0.1, -0.05) is 46.5 Å². The van der Waals surface area contributed by atoms with Crippen molar-refractivity contribution < 1.29 is 0 Å². The molecule has 0 saturated carbocycles. The van der Waals surface area contributed by atoms with Crippen LogP contribution in [0.15, 0.2) is 0 Å². The Hall–Kier alpha value is -0.0400. The van der Waals surface area contributed by atoms with E-state index in [1.54, 1.807) is 0 Å². The molecule has 0 bridgehead atoms. The van der Waals surface area contributed by atoms with Crippen LogP contribution in [0.3, 0.4) is 0 Å². The Morgan fingerprint density at radius 3 is 2.64 bits per heavy atom. The second-order valence-corrected chi connectivity index (χ2v) is 5.29. The maximum Gasteiger partial charge on any atom is 0.000761 e. The second kappa shape index (κ2) is 5.75. The van der Waals surface area contributed by atoms with E-state index in [9.17, 15) is 0 Å². The first-order valence-corrected chi connectivity index (χ1v) is 6.40. The summed E-state index contributed by atoms with van der Waals surface area (Å²) in [5.41, 5.74) is 0.525. The van der Waals surface area contributed by atoms with Gasteiger partial charge in [-0.2, -0.15) is 0 Å². The number of rotatable bonds is 1. The third kappa shape index (κ3) is 3.27. The SMILES string of the molecule is CCC1(C)CNCCCCCCC1C. The van der Waals surface area contributed by atoms with Crippen LogP contribution >= 0.6 is 0 Å². The minimum absolute atomic E-state index is 0.525. The van der Waals surface area contributed by atoms with Gasteiger partial charge < -0.3 is 5.32 Å². The lowest BCUT2D eigenvalue weighted by Crippen LogP contribution is -2.37. The van der Waals surface area contributed by atoms with E-state index in [1.807, 2.05) is 0 Å². The molecule has 0 aliphatic carbocycles. The fourth-order valence-corrected chi connectivity index (χ4v) is 2.42. The van der Waals surface area contributed by atoms with E-state index in [0.29, 0.717) is 5.41 Å². The van der Waals surface area contributed by atoms with Crippen LogP contribution in [0.5, 0.6) is 0 Å². The predicted octanol–water partition coefficient (Wildman–Crippen LogP) is 3.59. The highest BCUT2D eigenvalue weighted by molar-refractivity contribution is 4.81. The first-order chi connectivity index (χ1) is 6.69. The zero-order valence-electron chi connectivity index (χ0n) is 10.2. The van der Waals surface area contributed by atoms with Crippen molar-refractivity contribution >= 4 is 0 Å². The van der Waals surface area contributed by atoms with E-state index in [0.717, 1.165) is 5.92 Å². The van der Waals surface area contributed by atoms with Crippen molar-refractivity contribution in [2.75, 3.05) is 13.1 Å². The zero-order valence-corrected chi connectivity index (χ0v) is 10.2. The van der Waals surface area contributed by atoms with E-state index >= 15 is 0 Å². The Balaban J connectivity index is 2.51. The molecule has 1 rings (SSSR count). The third-order valence-electron chi connectivity index (χ3n) is 4.27. The average molecular weight is 197 g/mol. The standard InChI is InChI=1S/C13H27N/c1-4-13(3)11-14-10-8-6-5-7-9-12(13)2/h12,14H,4-11H2,1-3H3. The van der Waals surface area contributed by atoms with Gasteiger partial charge in [0.1, 0.15) is 0 Å². The van der Waals surface area contributed by atoms with Crippen LogP contribution in [-0.2, 0) is 0 Å². The summed E-state index contributed by atoms with van der Waals surface area (Å²) in [6.45, 7) is 9.66. The summed E-state index contributed by atoms with van der Waals surface area (Å²) in [4.78, 5) is 0. The van der Waals surface area contributed by atoms with Gasteiger partial charge in [0.05, 0.1) is 0 Å². The van der Waals surface area contributed by atoms with Gasteiger partial charge in [-0.25, -0.2) is 0 Å². The van der Waals surface area contributed by atoms with Crippen LogP contribution in [0.1, 0.15) is 59.3 Å². The fraction of sp³-hybridized carbons (Fsp3) is 1.00. The Kier molecular flexibility index (Phi) is 4.94. The molecule has 0 aromatic rings. The lowest BCUT2D eigenvalue weighted by Gasteiger charge is -2.36. The topological polar surface area (TPSA) is 12.0 Å². The largest absolute Gasteiger partial charge is 0.316 e.